The van der Waals surface area contributed by atoms with Crippen molar-refractivity contribution in [1.82, 2.24) is 14.9 Å². The molecule has 0 saturated heterocycles. The molecule has 28 heavy (non-hydrogen) atoms. The highest BCUT2D eigenvalue weighted by Crippen LogP contribution is 2.26. The van der Waals surface area contributed by atoms with E-state index in [1.165, 1.54) is 34.0 Å². The number of methoxy groups -OCH3 is 1. The normalized spacial score (nSPS) is 12.6. The van der Waals surface area contributed by atoms with Gasteiger partial charge >= 0.3 is 0 Å². The molecule has 0 spiro atoms. The average Bonchev–Trinajstić information content (AvgIpc) is 3.32. The number of hydrogen-bond donors (Lipinski definition) is 2. The molecule has 0 aliphatic heterocycles. The summed E-state index contributed by atoms with van der Waals surface area (Å²) in [5, 5.41) is 11.7. The molecular formula is C20H21N5O2S. The van der Waals surface area contributed by atoms with Crippen LogP contribution in [-0.2, 0) is 17.6 Å². The van der Waals surface area contributed by atoms with Gasteiger partial charge in [-0.15, -0.1) is 10.2 Å². The van der Waals surface area contributed by atoms with Gasteiger partial charge in [0.1, 0.15) is 5.75 Å². The van der Waals surface area contributed by atoms with Crippen LogP contribution in [0.4, 0.5) is 5.69 Å². The van der Waals surface area contributed by atoms with E-state index in [2.05, 4.69) is 27.6 Å². The van der Waals surface area contributed by atoms with E-state index in [0.717, 1.165) is 29.8 Å². The summed E-state index contributed by atoms with van der Waals surface area (Å²) in [6, 6.07) is 13.5. The number of benzene rings is 2. The van der Waals surface area contributed by atoms with Crippen LogP contribution < -0.4 is 15.9 Å². The molecule has 144 valence electrons. The molecule has 1 heterocycles. The van der Waals surface area contributed by atoms with E-state index >= 15 is 0 Å². The molecule has 3 N–H and O–H groups in total. The van der Waals surface area contributed by atoms with E-state index in [9.17, 15) is 4.79 Å². The molecule has 8 heteroatoms. The van der Waals surface area contributed by atoms with E-state index in [4.69, 9.17) is 10.6 Å². The minimum atomic E-state index is -0.100. The zero-order valence-electron chi connectivity index (χ0n) is 15.5. The van der Waals surface area contributed by atoms with Gasteiger partial charge in [0, 0.05) is 11.3 Å². The van der Waals surface area contributed by atoms with Crippen molar-refractivity contribution in [3.8, 4) is 17.1 Å². The van der Waals surface area contributed by atoms with Gasteiger partial charge in [-0.1, -0.05) is 17.8 Å². The van der Waals surface area contributed by atoms with E-state index in [1.807, 2.05) is 30.3 Å². The Morgan fingerprint density at radius 1 is 1.18 bits per heavy atom. The summed E-state index contributed by atoms with van der Waals surface area (Å²) < 4.78 is 6.55. The summed E-state index contributed by atoms with van der Waals surface area (Å²) >= 11 is 1.25. The van der Waals surface area contributed by atoms with Crippen molar-refractivity contribution < 1.29 is 9.53 Å². The Bertz CT molecular complexity index is 1000. The van der Waals surface area contributed by atoms with Crippen molar-refractivity contribution in [3.63, 3.8) is 0 Å². The van der Waals surface area contributed by atoms with Gasteiger partial charge in [-0.25, -0.2) is 4.68 Å². The van der Waals surface area contributed by atoms with Crippen molar-refractivity contribution in [2.45, 2.75) is 24.4 Å². The number of hydrogen-bond acceptors (Lipinski definition) is 6. The van der Waals surface area contributed by atoms with Crippen molar-refractivity contribution in [2.24, 2.45) is 0 Å². The molecular weight excluding hydrogens is 374 g/mol. The molecule has 1 aliphatic carbocycles. The molecule has 1 amide bonds. The number of carbonyl (C=O) groups is 1. The van der Waals surface area contributed by atoms with Gasteiger partial charge in [-0.3, -0.25) is 4.79 Å². The maximum atomic E-state index is 12.3. The Morgan fingerprint density at radius 3 is 2.75 bits per heavy atom. The highest BCUT2D eigenvalue weighted by Gasteiger charge is 2.15. The molecule has 0 saturated carbocycles. The second-order valence-corrected chi connectivity index (χ2v) is 7.52. The predicted octanol–water partition coefficient (Wildman–Crippen LogP) is 2.89. The monoisotopic (exact) mass is 395 g/mol. The number of fused-ring (bicyclic) bond motifs is 1. The van der Waals surface area contributed by atoms with E-state index in [0.29, 0.717) is 11.0 Å². The van der Waals surface area contributed by atoms with Crippen LogP contribution in [0.2, 0.25) is 0 Å². The number of nitrogens with two attached hydrogens (primary N) is 1. The summed E-state index contributed by atoms with van der Waals surface area (Å²) in [7, 11) is 1.61. The van der Waals surface area contributed by atoms with Crippen molar-refractivity contribution in [3.05, 3.63) is 53.6 Å². The first-order valence-electron chi connectivity index (χ1n) is 9.03. The fraction of sp³-hybridized carbons (Fsp3) is 0.250. The second-order valence-electron chi connectivity index (χ2n) is 6.58. The quantitative estimate of drug-likeness (QED) is 0.492. The molecule has 0 unspecified atom stereocenters. The predicted molar refractivity (Wildman–Crippen MR) is 110 cm³/mol. The minimum Gasteiger partial charge on any atom is -0.497 e. The fourth-order valence-electron chi connectivity index (χ4n) is 3.29. The molecule has 2 aromatic carbocycles. The summed E-state index contributed by atoms with van der Waals surface area (Å²) in [6.45, 7) is 0. The van der Waals surface area contributed by atoms with E-state index in [1.54, 1.807) is 7.11 Å². The summed E-state index contributed by atoms with van der Waals surface area (Å²) in [6.07, 6.45) is 3.39. The second kappa shape index (κ2) is 7.93. The number of aryl methyl sites for hydroxylation is 2. The number of anilines is 1. The summed E-state index contributed by atoms with van der Waals surface area (Å²) in [5.41, 5.74) is 4.37. The Hall–Kier alpha value is -3.00. The zero-order valence-corrected chi connectivity index (χ0v) is 16.3. The number of thioether (sulfide) groups is 1. The van der Waals surface area contributed by atoms with Gasteiger partial charge < -0.3 is 15.9 Å². The first-order valence-corrected chi connectivity index (χ1v) is 10.0. The number of ether oxygens (including phenoxy) is 1. The first kappa shape index (κ1) is 18.4. The third-order valence-electron chi connectivity index (χ3n) is 4.73. The maximum Gasteiger partial charge on any atom is 0.234 e. The SMILES string of the molecule is COc1ccc(-c2nnc(SCC(=O)Nc3ccc4c(c3)CCC4)n2N)cc1. The van der Waals surface area contributed by atoms with Crippen LogP contribution >= 0.6 is 11.8 Å². The molecule has 0 atom stereocenters. The highest BCUT2D eigenvalue weighted by atomic mass is 32.2. The number of nitrogens with zero attached hydrogens (tertiary/aromatic N) is 3. The first-order chi connectivity index (χ1) is 13.6. The molecule has 1 aromatic heterocycles. The molecule has 4 rings (SSSR count). The molecule has 0 bridgehead atoms. The highest BCUT2D eigenvalue weighted by molar-refractivity contribution is 7.99. The van der Waals surface area contributed by atoms with Crippen LogP contribution in [0.5, 0.6) is 5.75 Å². The van der Waals surface area contributed by atoms with Gasteiger partial charge in [-0.2, -0.15) is 0 Å². The lowest BCUT2D eigenvalue weighted by molar-refractivity contribution is -0.113. The van der Waals surface area contributed by atoms with Crippen LogP contribution in [0.25, 0.3) is 11.4 Å². The van der Waals surface area contributed by atoms with Crippen molar-refractivity contribution in [1.29, 1.82) is 0 Å². The standard InChI is InChI=1S/C20H21N5O2S/c1-27-17-9-6-14(7-10-17)19-23-24-20(25(19)21)28-12-18(26)22-16-8-5-13-3-2-4-15(13)11-16/h5-11H,2-4,12,21H2,1H3,(H,22,26). The smallest absolute Gasteiger partial charge is 0.234 e. The Balaban J connectivity index is 1.38. The fourth-order valence-corrected chi connectivity index (χ4v) is 3.95. The van der Waals surface area contributed by atoms with Crippen LogP contribution in [0, 0.1) is 0 Å². The lowest BCUT2D eigenvalue weighted by Gasteiger charge is -2.07. The Kier molecular flexibility index (Phi) is 5.21. The van der Waals surface area contributed by atoms with E-state index in [-0.39, 0.29) is 11.7 Å². The summed E-state index contributed by atoms with van der Waals surface area (Å²) in [4.78, 5) is 12.3. The van der Waals surface area contributed by atoms with Crippen molar-refractivity contribution in [2.75, 3.05) is 24.0 Å². The van der Waals surface area contributed by atoms with Gasteiger partial charge in [0.25, 0.3) is 0 Å². The topological polar surface area (TPSA) is 95.1 Å². The molecule has 3 aromatic rings. The molecule has 0 radical (unpaired) electrons. The molecule has 1 aliphatic rings. The minimum absolute atomic E-state index is 0.100. The molecule has 0 fully saturated rings. The lowest BCUT2D eigenvalue weighted by Crippen LogP contribution is -2.16. The number of rotatable bonds is 6. The van der Waals surface area contributed by atoms with Crippen LogP contribution in [-0.4, -0.2) is 33.6 Å². The largest absolute Gasteiger partial charge is 0.497 e. The van der Waals surface area contributed by atoms with Gasteiger partial charge in [0.05, 0.1) is 12.9 Å². The van der Waals surface area contributed by atoms with Crippen LogP contribution in [0.15, 0.2) is 47.6 Å². The zero-order chi connectivity index (χ0) is 19.5. The van der Waals surface area contributed by atoms with Crippen LogP contribution in [0.3, 0.4) is 0 Å². The number of amides is 1. The third kappa shape index (κ3) is 3.82. The third-order valence-corrected chi connectivity index (χ3v) is 5.67. The Labute approximate surface area is 167 Å². The maximum absolute atomic E-state index is 12.3. The van der Waals surface area contributed by atoms with Crippen LogP contribution in [0.1, 0.15) is 17.5 Å². The van der Waals surface area contributed by atoms with Crippen molar-refractivity contribution >= 4 is 23.4 Å². The Morgan fingerprint density at radius 2 is 1.96 bits per heavy atom. The van der Waals surface area contributed by atoms with Gasteiger partial charge in [0.2, 0.25) is 11.1 Å². The average molecular weight is 395 g/mol. The lowest BCUT2D eigenvalue weighted by atomic mass is 10.1. The number of carbonyl (C=O) groups excluding carboxylic acids is 1. The number of nitrogens with one attached hydrogen (secondary N) is 1. The number of aromatic nitrogens is 3. The van der Waals surface area contributed by atoms with Gasteiger partial charge in [0.15, 0.2) is 5.82 Å². The number of nitrogen functional groups attached to an aromatic ring is 1. The summed E-state index contributed by atoms with van der Waals surface area (Å²) in [5.74, 6) is 7.50. The van der Waals surface area contributed by atoms with Gasteiger partial charge in [-0.05, 0) is 66.8 Å². The molecule has 7 nitrogen and oxygen atoms in total. The van der Waals surface area contributed by atoms with E-state index < -0.39 is 0 Å².